The monoisotopic (exact) mass is 248 g/mol. The molecule has 0 saturated heterocycles. The van der Waals surface area contributed by atoms with Crippen molar-refractivity contribution in [2.75, 3.05) is 22.9 Å². The van der Waals surface area contributed by atoms with Crippen LogP contribution < -0.4 is 10.6 Å². The minimum absolute atomic E-state index is 0.755. The zero-order valence-electron chi connectivity index (χ0n) is 10.2. The standard InChI is InChI=1S/C14H20N2S/c15-11-6-7-14-13(10-11)16(8-9-17-14)12-4-2-1-3-5-12/h6-7,10,12H,1-5,8-9,15H2. The molecule has 0 aromatic heterocycles. The average Bonchev–Trinajstić information content (AvgIpc) is 2.39. The van der Waals surface area contributed by atoms with E-state index in [2.05, 4.69) is 17.0 Å². The summed E-state index contributed by atoms with van der Waals surface area (Å²) in [5.74, 6) is 1.22. The SMILES string of the molecule is Nc1ccc2c(c1)N(C1CCCCC1)CCS2. The van der Waals surface area contributed by atoms with E-state index < -0.39 is 0 Å². The molecule has 17 heavy (non-hydrogen) atoms. The second-order valence-corrected chi connectivity index (χ2v) is 6.20. The largest absolute Gasteiger partial charge is 0.399 e. The van der Waals surface area contributed by atoms with Gasteiger partial charge in [0, 0.05) is 28.9 Å². The van der Waals surface area contributed by atoms with Crippen LogP contribution in [0, 0.1) is 0 Å². The van der Waals surface area contributed by atoms with Crippen molar-refractivity contribution in [1.82, 2.24) is 0 Å². The third-order valence-electron chi connectivity index (χ3n) is 3.90. The topological polar surface area (TPSA) is 29.3 Å². The predicted octanol–water partition coefficient (Wildman–Crippen LogP) is 3.51. The van der Waals surface area contributed by atoms with Crippen LogP contribution in [0.1, 0.15) is 32.1 Å². The first-order chi connectivity index (χ1) is 8.34. The van der Waals surface area contributed by atoms with E-state index in [0.29, 0.717) is 0 Å². The van der Waals surface area contributed by atoms with Gasteiger partial charge in [0.05, 0.1) is 5.69 Å². The van der Waals surface area contributed by atoms with Gasteiger partial charge in [0.25, 0.3) is 0 Å². The van der Waals surface area contributed by atoms with Gasteiger partial charge in [-0.3, -0.25) is 0 Å². The zero-order valence-corrected chi connectivity index (χ0v) is 11.0. The molecule has 2 N–H and O–H groups in total. The summed E-state index contributed by atoms with van der Waals surface area (Å²) in [6, 6.07) is 7.13. The number of anilines is 2. The van der Waals surface area contributed by atoms with Crippen molar-refractivity contribution < 1.29 is 0 Å². The smallest absolute Gasteiger partial charge is 0.0527 e. The number of benzene rings is 1. The molecule has 0 spiro atoms. The Morgan fingerprint density at radius 2 is 2.00 bits per heavy atom. The molecule has 92 valence electrons. The number of hydrogen-bond acceptors (Lipinski definition) is 3. The van der Waals surface area contributed by atoms with Crippen LogP contribution in [0.15, 0.2) is 23.1 Å². The van der Waals surface area contributed by atoms with Crippen molar-refractivity contribution in [3.8, 4) is 0 Å². The van der Waals surface area contributed by atoms with Crippen LogP contribution in [0.5, 0.6) is 0 Å². The maximum atomic E-state index is 5.94. The number of rotatable bonds is 1. The molecule has 0 amide bonds. The normalized spacial score (nSPS) is 21.3. The van der Waals surface area contributed by atoms with Crippen molar-refractivity contribution in [1.29, 1.82) is 0 Å². The van der Waals surface area contributed by atoms with Gasteiger partial charge < -0.3 is 10.6 Å². The van der Waals surface area contributed by atoms with Crippen LogP contribution in [0.4, 0.5) is 11.4 Å². The summed E-state index contributed by atoms with van der Waals surface area (Å²) in [4.78, 5) is 4.03. The molecule has 2 nitrogen and oxygen atoms in total. The number of thioether (sulfide) groups is 1. The second kappa shape index (κ2) is 4.81. The van der Waals surface area contributed by atoms with Crippen LogP contribution in [-0.2, 0) is 0 Å². The summed E-state index contributed by atoms with van der Waals surface area (Å²) in [5.41, 5.74) is 8.22. The quantitative estimate of drug-likeness (QED) is 0.771. The Hall–Kier alpha value is -0.830. The molecular weight excluding hydrogens is 228 g/mol. The van der Waals surface area contributed by atoms with E-state index in [4.69, 9.17) is 5.73 Å². The van der Waals surface area contributed by atoms with Crippen molar-refractivity contribution in [3.05, 3.63) is 18.2 Å². The minimum Gasteiger partial charge on any atom is -0.399 e. The predicted molar refractivity (Wildman–Crippen MR) is 75.8 cm³/mol. The summed E-state index contributed by atoms with van der Waals surface area (Å²) in [6.07, 6.45) is 6.93. The zero-order chi connectivity index (χ0) is 11.7. The fourth-order valence-electron chi connectivity index (χ4n) is 3.03. The highest BCUT2D eigenvalue weighted by molar-refractivity contribution is 7.99. The average molecular weight is 248 g/mol. The third kappa shape index (κ3) is 2.25. The van der Waals surface area contributed by atoms with Crippen molar-refractivity contribution in [2.24, 2.45) is 0 Å². The first-order valence-corrected chi connectivity index (χ1v) is 7.62. The maximum absolute atomic E-state index is 5.94. The Kier molecular flexibility index (Phi) is 3.19. The molecule has 1 fully saturated rings. The van der Waals surface area contributed by atoms with Gasteiger partial charge >= 0.3 is 0 Å². The van der Waals surface area contributed by atoms with Gasteiger partial charge in [-0.05, 0) is 31.0 Å². The second-order valence-electron chi connectivity index (χ2n) is 5.06. The fourth-order valence-corrected chi connectivity index (χ4v) is 4.02. The Labute approximate surface area is 108 Å². The van der Waals surface area contributed by atoms with Crippen LogP contribution >= 0.6 is 11.8 Å². The van der Waals surface area contributed by atoms with E-state index in [1.165, 1.54) is 55.0 Å². The molecule has 3 rings (SSSR count). The van der Waals surface area contributed by atoms with Gasteiger partial charge in [-0.2, -0.15) is 0 Å². The van der Waals surface area contributed by atoms with Gasteiger partial charge in [-0.25, -0.2) is 0 Å². The molecule has 0 radical (unpaired) electrons. The lowest BCUT2D eigenvalue weighted by Crippen LogP contribution is -2.40. The van der Waals surface area contributed by atoms with E-state index in [-0.39, 0.29) is 0 Å². The highest BCUT2D eigenvalue weighted by atomic mass is 32.2. The van der Waals surface area contributed by atoms with Crippen molar-refractivity contribution in [3.63, 3.8) is 0 Å². The molecule has 1 saturated carbocycles. The molecule has 1 aliphatic carbocycles. The molecule has 0 atom stereocenters. The molecule has 1 aromatic carbocycles. The molecule has 1 aromatic rings. The molecule has 0 unspecified atom stereocenters. The lowest BCUT2D eigenvalue weighted by Gasteiger charge is -2.39. The van der Waals surface area contributed by atoms with Crippen LogP contribution in [0.3, 0.4) is 0 Å². The Bertz CT molecular complexity index is 399. The van der Waals surface area contributed by atoms with Gasteiger partial charge in [0.2, 0.25) is 0 Å². The van der Waals surface area contributed by atoms with Gasteiger partial charge in [0.15, 0.2) is 0 Å². The number of nitrogens with zero attached hydrogens (tertiary/aromatic N) is 1. The highest BCUT2D eigenvalue weighted by Crippen LogP contribution is 2.39. The van der Waals surface area contributed by atoms with Crippen LogP contribution in [-0.4, -0.2) is 18.3 Å². The van der Waals surface area contributed by atoms with Crippen molar-refractivity contribution in [2.45, 2.75) is 43.0 Å². The van der Waals surface area contributed by atoms with Gasteiger partial charge in [-0.1, -0.05) is 19.3 Å². The maximum Gasteiger partial charge on any atom is 0.0527 e. The van der Waals surface area contributed by atoms with Gasteiger partial charge in [-0.15, -0.1) is 11.8 Å². The van der Waals surface area contributed by atoms with E-state index >= 15 is 0 Å². The Morgan fingerprint density at radius 3 is 2.82 bits per heavy atom. The lowest BCUT2D eigenvalue weighted by atomic mass is 9.93. The van der Waals surface area contributed by atoms with E-state index in [9.17, 15) is 0 Å². The Balaban J connectivity index is 1.89. The summed E-state index contributed by atoms with van der Waals surface area (Å²) in [5, 5.41) is 0. The molecular formula is C14H20N2S. The molecule has 0 bridgehead atoms. The van der Waals surface area contributed by atoms with E-state index in [1.807, 2.05) is 17.8 Å². The minimum atomic E-state index is 0.755. The summed E-state index contributed by atoms with van der Waals surface area (Å²) in [6.45, 7) is 1.19. The number of nitrogen functional groups attached to an aromatic ring is 1. The molecule has 1 aliphatic heterocycles. The summed E-state index contributed by atoms with van der Waals surface area (Å²) >= 11 is 1.97. The van der Waals surface area contributed by atoms with Crippen LogP contribution in [0.2, 0.25) is 0 Å². The molecule has 3 heteroatoms. The fraction of sp³-hybridized carbons (Fsp3) is 0.571. The highest BCUT2D eigenvalue weighted by Gasteiger charge is 2.25. The van der Waals surface area contributed by atoms with Gasteiger partial charge in [0.1, 0.15) is 0 Å². The van der Waals surface area contributed by atoms with E-state index in [1.54, 1.807) is 0 Å². The van der Waals surface area contributed by atoms with E-state index in [0.717, 1.165) is 11.7 Å². The molecule has 2 aliphatic rings. The van der Waals surface area contributed by atoms with Crippen LogP contribution in [0.25, 0.3) is 0 Å². The number of nitrogens with two attached hydrogens (primary N) is 1. The lowest BCUT2D eigenvalue weighted by molar-refractivity contribution is 0.417. The summed E-state index contributed by atoms with van der Waals surface area (Å²) < 4.78 is 0. The first-order valence-electron chi connectivity index (χ1n) is 6.63. The number of hydrogen-bond donors (Lipinski definition) is 1. The molecule has 1 heterocycles. The van der Waals surface area contributed by atoms with Crippen molar-refractivity contribution >= 4 is 23.1 Å². The number of fused-ring (bicyclic) bond motifs is 1. The first kappa shape index (κ1) is 11.3. The summed E-state index contributed by atoms with van der Waals surface area (Å²) in [7, 11) is 0. The third-order valence-corrected chi connectivity index (χ3v) is 4.94. The Morgan fingerprint density at radius 1 is 1.18 bits per heavy atom.